The summed E-state index contributed by atoms with van der Waals surface area (Å²) < 4.78 is 13.6. The van der Waals surface area contributed by atoms with Crippen molar-refractivity contribution in [1.82, 2.24) is 0 Å². The summed E-state index contributed by atoms with van der Waals surface area (Å²) in [5.74, 6) is 0. The summed E-state index contributed by atoms with van der Waals surface area (Å²) in [6, 6.07) is 5.56. The number of aromatic nitrogens is 1. The third kappa shape index (κ3) is 2.06. The molecule has 4 nitrogen and oxygen atoms in total. The zero-order chi connectivity index (χ0) is 12.7. The smallest absolute Gasteiger partial charge is 0.338 e. The fraction of sp³-hybridized carbons (Fsp3) is 0.500. The van der Waals surface area contributed by atoms with E-state index in [0.29, 0.717) is 5.56 Å². The summed E-state index contributed by atoms with van der Waals surface area (Å²) >= 11 is 0. The highest BCUT2D eigenvalue weighted by molar-refractivity contribution is 6.34. The Balaban J connectivity index is 2.23. The molecule has 0 aliphatic carbocycles. The molecule has 1 fully saturated rings. The lowest BCUT2D eigenvalue weighted by molar-refractivity contribution is -0.563. The predicted octanol–water partition coefficient (Wildman–Crippen LogP) is 1.28. The number of hydrogen-bond donors (Lipinski definition) is 0. The molecule has 1 aliphatic rings. The van der Waals surface area contributed by atoms with Crippen LogP contribution >= 0.6 is 0 Å². The van der Waals surface area contributed by atoms with E-state index < -0.39 is 7.25 Å². The van der Waals surface area contributed by atoms with E-state index in [1.807, 2.05) is 32.2 Å². The van der Waals surface area contributed by atoms with Gasteiger partial charge in [-0.2, -0.15) is 5.26 Å². The molecule has 0 saturated carbocycles. The van der Waals surface area contributed by atoms with Gasteiger partial charge in [-0.05, 0) is 27.7 Å². The molecule has 1 aromatic rings. The van der Waals surface area contributed by atoms with Gasteiger partial charge >= 0.3 is 7.25 Å². The summed E-state index contributed by atoms with van der Waals surface area (Å²) in [5, 5.41) is 8.74. The van der Waals surface area contributed by atoms with Gasteiger partial charge in [-0.25, -0.2) is 4.48 Å². The van der Waals surface area contributed by atoms with E-state index in [-0.39, 0.29) is 11.2 Å². The van der Waals surface area contributed by atoms with Crippen LogP contribution in [0.15, 0.2) is 24.5 Å². The van der Waals surface area contributed by atoms with Gasteiger partial charge in [0, 0.05) is 12.1 Å². The Morgan fingerprint density at radius 2 is 1.59 bits per heavy atom. The molecule has 0 bridgehead atoms. The summed E-state index contributed by atoms with van der Waals surface area (Å²) in [7, 11) is -0.437. The molecule has 17 heavy (non-hydrogen) atoms. The van der Waals surface area contributed by atoms with Crippen LogP contribution in [0.2, 0.25) is 0 Å². The molecule has 0 aromatic carbocycles. The van der Waals surface area contributed by atoms with Crippen molar-refractivity contribution in [2.45, 2.75) is 38.9 Å². The van der Waals surface area contributed by atoms with Crippen LogP contribution in [0.1, 0.15) is 33.3 Å². The average molecular weight is 231 g/mol. The monoisotopic (exact) mass is 231 g/mol. The first-order chi connectivity index (χ1) is 7.86. The lowest BCUT2D eigenvalue weighted by Gasteiger charge is -2.30. The second-order valence-corrected chi connectivity index (χ2v) is 5.21. The van der Waals surface area contributed by atoms with Crippen molar-refractivity contribution in [3.05, 3.63) is 30.1 Å². The molecule has 1 saturated heterocycles. The van der Waals surface area contributed by atoms with Crippen molar-refractivity contribution in [2.75, 3.05) is 0 Å². The lowest BCUT2D eigenvalue weighted by atomic mass is 9.90. The van der Waals surface area contributed by atoms with Gasteiger partial charge in [-0.15, -0.1) is 0 Å². The van der Waals surface area contributed by atoms with Crippen molar-refractivity contribution in [3.8, 4) is 6.07 Å². The Labute approximate surface area is 102 Å². The van der Waals surface area contributed by atoms with Crippen molar-refractivity contribution in [3.63, 3.8) is 0 Å². The van der Waals surface area contributed by atoms with Crippen LogP contribution in [-0.2, 0) is 9.31 Å². The maximum atomic E-state index is 8.74. The van der Waals surface area contributed by atoms with Crippen LogP contribution in [0.4, 0.5) is 0 Å². The SMILES string of the molecule is CC1(C)OB([n+]2ccc(C#N)cc2)OC1(C)C. The van der Waals surface area contributed by atoms with Crippen molar-refractivity contribution in [2.24, 2.45) is 0 Å². The molecule has 0 radical (unpaired) electrons. The minimum Gasteiger partial charge on any atom is -0.338 e. The van der Waals surface area contributed by atoms with Gasteiger partial charge in [0.15, 0.2) is 0 Å². The molecule has 0 spiro atoms. The standard InChI is InChI=1S/C12H16BN2O2/c1-11(2)12(3,4)17-13(16-11)15-7-5-10(9-14)6-8-15/h5-8H,1-4H3/q+1. The number of pyridine rings is 1. The van der Waals surface area contributed by atoms with Crippen molar-refractivity contribution in [1.29, 1.82) is 5.26 Å². The molecule has 1 aromatic heterocycles. The summed E-state index contributed by atoms with van der Waals surface area (Å²) in [6.07, 6.45) is 3.58. The number of hydrogen-bond acceptors (Lipinski definition) is 3. The predicted molar refractivity (Wildman–Crippen MR) is 62.8 cm³/mol. The minimum absolute atomic E-state index is 0.349. The zero-order valence-electron chi connectivity index (χ0n) is 10.6. The molecule has 0 unspecified atom stereocenters. The Hall–Kier alpha value is -1.38. The summed E-state index contributed by atoms with van der Waals surface area (Å²) in [4.78, 5) is 0. The van der Waals surface area contributed by atoms with Gasteiger partial charge in [0.2, 0.25) is 0 Å². The molecule has 1 aliphatic heterocycles. The van der Waals surface area contributed by atoms with Crippen molar-refractivity contribution >= 4 is 7.25 Å². The molecule has 2 heterocycles. The Morgan fingerprint density at radius 1 is 1.12 bits per heavy atom. The van der Waals surface area contributed by atoms with Crippen LogP contribution < -0.4 is 4.48 Å². The lowest BCUT2D eigenvalue weighted by Crippen LogP contribution is -2.53. The van der Waals surface area contributed by atoms with Crippen molar-refractivity contribution < 1.29 is 13.8 Å². The van der Waals surface area contributed by atoms with Gasteiger partial charge < -0.3 is 9.31 Å². The van der Waals surface area contributed by atoms with Crippen LogP contribution in [0.5, 0.6) is 0 Å². The largest absolute Gasteiger partial charge is 0.850 e. The fourth-order valence-corrected chi connectivity index (χ4v) is 1.59. The number of rotatable bonds is 1. The fourth-order valence-electron chi connectivity index (χ4n) is 1.59. The normalized spacial score (nSPS) is 21.2. The maximum Gasteiger partial charge on any atom is 0.850 e. The highest BCUT2D eigenvalue weighted by Gasteiger charge is 2.59. The third-order valence-corrected chi connectivity index (χ3v) is 3.47. The second kappa shape index (κ2) is 3.83. The van der Waals surface area contributed by atoms with E-state index in [2.05, 4.69) is 6.07 Å². The first-order valence-corrected chi connectivity index (χ1v) is 5.62. The zero-order valence-corrected chi connectivity index (χ0v) is 10.6. The van der Waals surface area contributed by atoms with E-state index in [4.69, 9.17) is 14.6 Å². The van der Waals surface area contributed by atoms with Gasteiger partial charge in [-0.3, -0.25) is 0 Å². The van der Waals surface area contributed by atoms with E-state index in [1.54, 1.807) is 24.5 Å². The second-order valence-electron chi connectivity index (χ2n) is 5.21. The van der Waals surface area contributed by atoms with E-state index in [0.717, 1.165) is 0 Å². The van der Waals surface area contributed by atoms with Gasteiger partial charge in [0.1, 0.15) is 12.4 Å². The Kier molecular flexibility index (Phi) is 2.72. The Morgan fingerprint density at radius 3 is 2.00 bits per heavy atom. The molecular weight excluding hydrogens is 215 g/mol. The quantitative estimate of drug-likeness (QED) is 0.684. The van der Waals surface area contributed by atoms with Crippen LogP contribution in [-0.4, -0.2) is 18.5 Å². The highest BCUT2D eigenvalue weighted by Crippen LogP contribution is 2.35. The molecular formula is C12H16BN2O2+. The average Bonchev–Trinajstić information content (AvgIpc) is 2.48. The van der Waals surface area contributed by atoms with E-state index >= 15 is 0 Å². The first-order valence-electron chi connectivity index (χ1n) is 5.62. The third-order valence-electron chi connectivity index (χ3n) is 3.47. The number of nitriles is 1. The maximum absolute atomic E-state index is 8.74. The molecule has 2 rings (SSSR count). The molecule has 5 heteroatoms. The molecule has 88 valence electrons. The summed E-state index contributed by atoms with van der Waals surface area (Å²) in [6.45, 7) is 8.04. The van der Waals surface area contributed by atoms with Crippen LogP contribution in [0, 0.1) is 11.3 Å². The molecule has 0 atom stereocenters. The number of nitrogens with zero attached hydrogens (tertiary/aromatic N) is 2. The topological polar surface area (TPSA) is 46.1 Å². The summed E-state index contributed by atoms with van der Waals surface area (Å²) in [5.41, 5.74) is -0.0744. The first kappa shape index (κ1) is 12.1. The van der Waals surface area contributed by atoms with Gasteiger partial charge in [0.25, 0.3) is 0 Å². The molecule has 0 amide bonds. The van der Waals surface area contributed by atoms with Gasteiger partial charge in [-0.1, -0.05) is 0 Å². The van der Waals surface area contributed by atoms with E-state index in [9.17, 15) is 0 Å². The highest BCUT2D eigenvalue weighted by atomic mass is 16.7. The van der Waals surface area contributed by atoms with Crippen LogP contribution in [0.3, 0.4) is 0 Å². The van der Waals surface area contributed by atoms with Gasteiger partial charge in [0.05, 0.1) is 22.8 Å². The Bertz CT molecular complexity index is 446. The molecule has 0 N–H and O–H groups in total. The van der Waals surface area contributed by atoms with Crippen LogP contribution in [0.25, 0.3) is 0 Å². The van der Waals surface area contributed by atoms with E-state index in [1.165, 1.54) is 0 Å². The minimum atomic E-state index is -0.437.